The van der Waals surface area contributed by atoms with Crippen molar-refractivity contribution in [2.45, 2.75) is 6.92 Å². The smallest absolute Gasteiger partial charge is 0.335 e. The molecule has 0 aliphatic rings. The van der Waals surface area contributed by atoms with Gasteiger partial charge in [0.1, 0.15) is 0 Å². The number of urea groups is 1. The molecule has 9 heteroatoms. The van der Waals surface area contributed by atoms with E-state index in [0.717, 1.165) is 0 Å². The maximum atomic E-state index is 11.6. The van der Waals surface area contributed by atoms with Crippen molar-refractivity contribution in [1.82, 2.24) is 5.32 Å². The highest BCUT2D eigenvalue weighted by Gasteiger charge is 2.10. The molecule has 0 bridgehead atoms. The lowest BCUT2D eigenvalue weighted by Crippen LogP contribution is -2.33. The van der Waals surface area contributed by atoms with Crippen LogP contribution in [0.15, 0.2) is 22.7 Å². The summed E-state index contributed by atoms with van der Waals surface area (Å²) >= 11 is 3.14. The molecular formula is C12H15BrN2O5S. The van der Waals surface area contributed by atoms with Gasteiger partial charge in [0.25, 0.3) is 0 Å². The van der Waals surface area contributed by atoms with E-state index < -0.39 is 21.8 Å². The lowest BCUT2D eigenvalue weighted by atomic mass is 10.2. The number of carboxylic acids is 1. The third-order valence-electron chi connectivity index (χ3n) is 2.54. The van der Waals surface area contributed by atoms with Gasteiger partial charge in [-0.05, 0) is 18.2 Å². The van der Waals surface area contributed by atoms with Crippen molar-refractivity contribution in [1.29, 1.82) is 0 Å². The van der Waals surface area contributed by atoms with Crippen LogP contribution < -0.4 is 10.6 Å². The van der Waals surface area contributed by atoms with Gasteiger partial charge in [-0.25, -0.2) is 18.0 Å². The van der Waals surface area contributed by atoms with Crippen LogP contribution in [0.1, 0.15) is 17.3 Å². The van der Waals surface area contributed by atoms with Crippen LogP contribution >= 0.6 is 15.9 Å². The molecule has 0 aliphatic carbocycles. The molecule has 21 heavy (non-hydrogen) atoms. The Hall–Kier alpha value is -1.61. The van der Waals surface area contributed by atoms with Crippen LogP contribution in [0.2, 0.25) is 0 Å². The minimum absolute atomic E-state index is 0.0121. The van der Waals surface area contributed by atoms with Crippen LogP contribution in [-0.2, 0) is 9.84 Å². The van der Waals surface area contributed by atoms with Crippen molar-refractivity contribution in [2.24, 2.45) is 0 Å². The zero-order chi connectivity index (χ0) is 16.0. The first-order chi connectivity index (χ1) is 9.73. The molecule has 1 aromatic rings. The standard InChI is InChI=1S/C12H15BrN2O5S/c1-2-21(19,20)4-3-14-12(18)15-10-6-8(11(16)17)5-9(13)7-10/h5-7H,2-4H2,1H3,(H,16,17)(H2,14,15,18). The second-order valence-electron chi connectivity index (χ2n) is 4.15. The maximum absolute atomic E-state index is 11.6. The summed E-state index contributed by atoms with van der Waals surface area (Å²) < 4.78 is 23.0. The normalized spacial score (nSPS) is 11.0. The molecule has 0 atom stereocenters. The summed E-state index contributed by atoms with van der Waals surface area (Å²) in [6.45, 7) is 1.52. The Balaban J connectivity index is 2.61. The number of hydrogen-bond acceptors (Lipinski definition) is 4. The number of halogens is 1. The number of carbonyl (C=O) groups excluding carboxylic acids is 1. The summed E-state index contributed by atoms with van der Waals surface area (Å²) in [5, 5.41) is 13.8. The predicted molar refractivity (Wildman–Crippen MR) is 82.5 cm³/mol. The lowest BCUT2D eigenvalue weighted by molar-refractivity contribution is 0.0696. The first-order valence-electron chi connectivity index (χ1n) is 6.02. The molecule has 0 radical (unpaired) electrons. The predicted octanol–water partition coefficient (Wildman–Crippen LogP) is 1.70. The van der Waals surface area contributed by atoms with Crippen LogP contribution in [0, 0.1) is 0 Å². The molecule has 0 spiro atoms. The Morgan fingerprint density at radius 3 is 2.52 bits per heavy atom. The van der Waals surface area contributed by atoms with Gasteiger partial charge in [-0.3, -0.25) is 0 Å². The summed E-state index contributed by atoms with van der Waals surface area (Å²) in [6.07, 6.45) is 0. The summed E-state index contributed by atoms with van der Waals surface area (Å²) in [7, 11) is -3.14. The van der Waals surface area contributed by atoms with Crippen LogP contribution in [0.5, 0.6) is 0 Å². The number of carboxylic acid groups (broad SMARTS) is 1. The van der Waals surface area contributed by atoms with Gasteiger partial charge in [0, 0.05) is 22.5 Å². The Morgan fingerprint density at radius 2 is 1.95 bits per heavy atom. The van der Waals surface area contributed by atoms with Gasteiger partial charge >= 0.3 is 12.0 Å². The number of benzene rings is 1. The fraction of sp³-hybridized carbons (Fsp3) is 0.333. The zero-order valence-corrected chi connectivity index (χ0v) is 13.6. The minimum atomic E-state index is -3.14. The average molecular weight is 379 g/mol. The van der Waals surface area contributed by atoms with Crippen molar-refractivity contribution >= 4 is 43.5 Å². The minimum Gasteiger partial charge on any atom is -0.478 e. The molecule has 3 N–H and O–H groups in total. The Morgan fingerprint density at radius 1 is 1.29 bits per heavy atom. The van der Waals surface area contributed by atoms with Crippen LogP contribution in [0.4, 0.5) is 10.5 Å². The van der Waals surface area contributed by atoms with Gasteiger partial charge in [-0.15, -0.1) is 0 Å². The van der Waals surface area contributed by atoms with E-state index in [-0.39, 0.29) is 29.3 Å². The molecule has 0 heterocycles. The molecule has 1 aromatic carbocycles. The highest BCUT2D eigenvalue weighted by Crippen LogP contribution is 2.19. The highest BCUT2D eigenvalue weighted by atomic mass is 79.9. The Labute approximate surface area is 130 Å². The van der Waals surface area contributed by atoms with Gasteiger partial charge < -0.3 is 15.7 Å². The van der Waals surface area contributed by atoms with Gasteiger partial charge in [0.05, 0.1) is 11.3 Å². The van der Waals surface area contributed by atoms with Crippen molar-refractivity contribution in [3.8, 4) is 0 Å². The van der Waals surface area contributed by atoms with Crippen LogP contribution in [0.3, 0.4) is 0 Å². The number of anilines is 1. The molecule has 0 aliphatic heterocycles. The summed E-state index contributed by atoms with van der Waals surface area (Å²) in [4.78, 5) is 22.5. The largest absolute Gasteiger partial charge is 0.478 e. The van der Waals surface area contributed by atoms with Gasteiger partial charge in [0.15, 0.2) is 9.84 Å². The topological polar surface area (TPSA) is 113 Å². The Bertz CT molecular complexity index is 645. The molecule has 1 rings (SSSR count). The first-order valence-corrected chi connectivity index (χ1v) is 8.64. The number of rotatable bonds is 6. The third-order valence-corrected chi connectivity index (χ3v) is 4.70. The van der Waals surface area contributed by atoms with Gasteiger partial charge in [-0.2, -0.15) is 0 Å². The van der Waals surface area contributed by atoms with Gasteiger partial charge in [-0.1, -0.05) is 22.9 Å². The van der Waals surface area contributed by atoms with Crippen molar-refractivity contribution in [3.63, 3.8) is 0 Å². The summed E-state index contributed by atoms with van der Waals surface area (Å²) in [5.41, 5.74) is 0.311. The van der Waals surface area contributed by atoms with E-state index in [4.69, 9.17) is 5.11 Å². The monoisotopic (exact) mass is 378 g/mol. The van der Waals surface area contributed by atoms with Crippen molar-refractivity contribution < 1.29 is 23.1 Å². The molecule has 116 valence electrons. The van der Waals surface area contributed by atoms with Crippen LogP contribution in [-0.4, -0.2) is 43.6 Å². The van der Waals surface area contributed by atoms with Gasteiger partial charge in [0.2, 0.25) is 0 Å². The average Bonchev–Trinajstić information content (AvgIpc) is 2.37. The van der Waals surface area contributed by atoms with Crippen LogP contribution in [0.25, 0.3) is 0 Å². The zero-order valence-electron chi connectivity index (χ0n) is 11.2. The number of amides is 2. The second-order valence-corrected chi connectivity index (χ2v) is 7.54. The molecular weight excluding hydrogens is 364 g/mol. The van der Waals surface area contributed by atoms with E-state index in [2.05, 4.69) is 26.6 Å². The summed E-state index contributed by atoms with van der Waals surface area (Å²) in [6, 6.07) is 3.64. The van der Waals surface area contributed by atoms with Crippen molar-refractivity contribution in [3.05, 3.63) is 28.2 Å². The third kappa shape index (κ3) is 6.13. The van der Waals surface area contributed by atoms with E-state index >= 15 is 0 Å². The molecule has 0 unspecified atom stereocenters. The Kier molecular flexibility index (Phi) is 6.16. The highest BCUT2D eigenvalue weighted by molar-refractivity contribution is 9.10. The lowest BCUT2D eigenvalue weighted by Gasteiger charge is -2.09. The molecule has 0 fully saturated rings. The first kappa shape index (κ1) is 17.4. The molecule has 0 saturated heterocycles. The number of nitrogens with one attached hydrogen (secondary N) is 2. The fourth-order valence-corrected chi connectivity index (χ4v) is 2.62. The number of aromatic carboxylic acids is 1. The number of carbonyl (C=O) groups is 2. The van der Waals surface area contributed by atoms with E-state index in [0.29, 0.717) is 4.47 Å². The second kappa shape index (κ2) is 7.41. The van der Waals surface area contributed by atoms with Crippen molar-refractivity contribution in [2.75, 3.05) is 23.4 Å². The van der Waals surface area contributed by atoms with E-state index in [9.17, 15) is 18.0 Å². The van der Waals surface area contributed by atoms with E-state index in [1.54, 1.807) is 0 Å². The fourth-order valence-electron chi connectivity index (χ4n) is 1.42. The maximum Gasteiger partial charge on any atom is 0.335 e. The molecule has 2 amide bonds. The SMILES string of the molecule is CCS(=O)(=O)CCNC(=O)Nc1cc(Br)cc(C(=O)O)c1. The molecule has 0 saturated carbocycles. The molecule has 0 aromatic heterocycles. The quantitative estimate of drug-likeness (QED) is 0.697. The molecule has 7 nitrogen and oxygen atoms in total. The van der Waals surface area contributed by atoms with E-state index in [1.165, 1.54) is 25.1 Å². The van der Waals surface area contributed by atoms with E-state index in [1.807, 2.05) is 0 Å². The number of sulfone groups is 1. The summed E-state index contributed by atoms with van der Waals surface area (Å²) in [5.74, 6) is -1.24. The number of hydrogen-bond donors (Lipinski definition) is 3.